The summed E-state index contributed by atoms with van der Waals surface area (Å²) in [4.78, 5) is 10.6. The van der Waals surface area contributed by atoms with Crippen molar-refractivity contribution in [1.29, 1.82) is 0 Å². The first kappa shape index (κ1) is 14.2. The number of hydrogen-bond acceptors (Lipinski definition) is 5. The topological polar surface area (TPSA) is 78.2 Å². The number of aryl methyl sites for hydroxylation is 1. The van der Waals surface area contributed by atoms with Gasteiger partial charge in [0.15, 0.2) is 0 Å². The van der Waals surface area contributed by atoms with Crippen LogP contribution in [-0.2, 0) is 0 Å². The third kappa shape index (κ3) is 2.56. The van der Waals surface area contributed by atoms with Gasteiger partial charge in [-0.3, -0.25) is 10.1 Å². The Morgan fingerprint density at radius 1 is 1.14 bits per heavy atom. The summed E-state index contributed by atoms with van der Waals surface area (Å²) >= 11 is 5.79. The van der Waals surface area contributed by atoms with Crippen molar-refractivity contribution >= 4 is 28.1 Å². The molecule has 0 aliphatic rings. The highest BCUT2D eigenvalue weighted by atomic mass is 35.5. The van der Waals surface area contributed by atoms with Gasteiger partial charge in [-0.2, -0.15) is 5.10 Å². The van der Waals surface area contributed by atoms with Crippen molar-refractivity contribution in [1.82, 2.24) is 10.2 Å². The molecule has 0 bridgehead atoms. The Labute approximate surface area is 130 Å². The standard InChI is InChI=1S/C15H10ClN3O3/c1-9-11-4-2-3-5-12(11)15(18-17-9)22-14-7-6-10(16)8-13(14)19(20)21/h2-8H,1H3. The highest BCUT2D eigenvalue weighted by Crippen LogP contribution is 2.35. The molecule has 0 aliphatic carbocycles. The minimum Gasteiger partial charge on any atom is -0.430 e. The number of rotatable bonds is 3. The molecule has 0 spiro atoms. The fraction of sp³-hybridized carbons (Fsp3) is 0.0667. The lowest BCUT2D eigenvalue weighted by atomic mass is 10.1. The van der Waals surface area contributed by atoms with Gasteiger partial charge in [-0.15, -0.1) is 5.10 Å². The van der Waals surface area contributed by atoms with E-state index in [-0.39, 0.29) is 22.3 Å². The first-order valence-corrected chi connectivity index (χ1v) is 6.78. The van der Waals surface area contributed by atoms with Crippen molar-refractivity contribution < 1.29 is 9.66 Å². The smallest absolute Gasteiger partial charge is 0.313 e. The average molecular weight is 316 g/mol. The van der Waals surface area contributed by atoms with Crippen LogP contribution in [0.1, 0.15) is 5.69 Å². The van der Waals surface area contributed by atoms with Gasteiger partial charge in [0.05, 0.1) is 10.6 Å². The Bertz CT molecular complexity index is 883. The number of benzene rings is 2. The zero-order chi connectivity index (χ0) is 15.7. The number of halogens is 1. The van der Waals surface area contributed by atoms with E-state index >= 15 is 0 Å². The Kier molecular flexibility index (Phi) is 3.60. The summed E-state index contributed by atoms with van der Waals surface area (Å²) in [5.41, 5.74) is 0.535. The molecule has 6 nitrogen and oxygen atoms in total. The zero-order valence-corrected chi connectivity index (χ0v) is 12.2. The second-order valence-corrected chi connectivity index (χ2v) is 5.04. The summed E-state index contributed by atoms with van der Waals surface area (Å²) in [7, 11) is 0. The molecule has 0 aliphatic heterocycles. The molecule has 1 heterocycles. The molecule has 0 atom stereocenters. The average Bonchev–Trinajstić information content (AvgIpc) is 2.51. The van der Waals surface area contributed by atoms with Crippen molar-refractivity contribution in [3.8, 4) is 11.6 Å². The predicted octanol–water partition coefficient (Wildman–Crippen LogP) is 4.29. The van der Waals surface area contributed by atoms with Gasteiger partial charge in [-0.25, -0.2) is 0 Å². The maximum atomic E-state index is 11.1. The van der Waals surface area contributed by atoms with Gasteiger partial charge in [0.1, 0.15) is 0 Å². The van der Waals surface area contributed by atoms with E-state index in [9.17, 15) is 10.1 Å². The van der Waals surface area contributed by atoms with Crippen molar-refractivity contribution in [2.45, 2.75) is 6.92 Å². The van der Waals surface area contributed by atoms with Gasteiger partial charge in [-0.05, 0) is 25.1 Å². The van der Waals surface area contributed by atoms with Gasteiger partial charge in [0.25, 0.3) is 0 Å². The molecule has 1 aromatic heterocycles. The molecular formula is C15H10ClN3O3. The molecule has 0 N–H and O–H groups in total. The molecule has 22 heavy (non-hydrogen) atoms. The predicted molar refractivity (Wildman–Crippen MR) is 82.5 cm³/mol. The molecular weight excluding hydrogens is 306 g/mol. The van der Waals surface area contributed by atoms with E-state index in [0.29, 0.717) is 0 Å². The van der Waals surface area contributed by atoms with E-state index < -0.39 is 4.92 Å². The summed E-state index contributed by atoms with van der Waals surface area (Å²) in [6, 6.07) is 11.6. The van der Waals surface area contributed by atoms with Crippen LogP contribution < -0.4 is 4.74 Å². The second-order valence-electron chi connectivity index (χ2n) is 4.61. The third-order valence-corrected chi connectivity index (χ3v) is 3.40. The highest BCUT2D eigenvalue weighted by Gasteiger charge is 2.18. The molecule has 0 saturated carbocycles. The molecule has 3 aromatic rings. The maximum Gasteiger partial charge on any atom is 0.313 e. The van der Waals surface area contributed by atoms with Crippen LogP contribution in [0.4, 0.5) is 5.69 Å². The molecule has 0 unspecified atom stereocenters. The lowest BCUT2D eigenvalue weighted by Gasteiger charge is -2.08. The Morgan fingerprint density at radius 3 is 2.59 bits per heavy atom. The Hall–Kier alpha value is -2.73. The van der Waals surface area contributed by atoms with Crippen LogP contribution in [0.15, 0.2) is 42.5 Å². The van der Waals surface area contributed by atoms with Crippen LogP contribution >= 0.6 is 11.6 Å². The van der Waals surface area contributed by atoms with Crippen LogP contribution in [0, 0.1) is 17.0 Å². The zero-order valence-electron chi connectivity index (χ0n) is 11.5. The summed E-state index contributed by atoms with van der Waals surface area (Å²) < 4.78 is 5.62. The Morgan fingerprint density at radius 2 is 1.86 bits per heavy atom. The second kappa shape index (κ2) is 5.57. The SMILES string of the molecule is Cc1nnc(Oc2ccc(Cl)cc2[N+](=O)[O-])c2ccccc12. The van der Waals surface area contributed by atoms with Crippen LogP contribution in [0.2, 0.25) is 5.02 Å². The fourth-order valence-electron chi connectivity index (χ4n) is 2.11. The minimum atomic E-state index is -0.551. The Balaban J connectivity index is 2.12. The first-order chi connectivity index (χ1) is 10.6. The van der Waals surface area contributed by atoms with E-state index in [2.05, 4.69) is 10.2 Å². The van der Waals surface area contributed by atoms with Crippen LogP contribution in [0.5, 0.6) is 11.6 Å². The van der Waals surface area contributed by atoms with Gasteiger partial charge < -0.3 is 4.74 Å². The molecule has 0 fully saturated rings. The van der Waals surface area contributed by atoms with Crippen LogP contribution in [0.3, 0.4) is 0 Å². The fourth-order valence-corrected chi connectivity index (χ4v) is 2.28. The summed E-state index contributed by atoms with van der Waals surface area (Å²) in [5.74, 6) is 0.282. The van der Waals surface area contributed by atoms with Crippen molar-refractivity contribution in [2.75, 3.05) is 0 Å². The first-order valence-electron chi connectivity index (χ1n) is 6.40. The van der Waals surface area contributed by atoms with E-state index in [1.165, 1.54) is 18.2 Å². The molecule has 0 saturated heterocycles. The molecule has 0 radical (unpaired) electrons. The van der Waals surface area contributed by atoms with E-state index in [1.54, 1.807) is 0 Å². The van der Waals surface area contributed by atoms with Gasteiger partial charge >= 0.3 is 5.69 Å². The molecule has 7 heteroatoms. The maximum absolute atomic E-state index is 11.1. The number of nitro benzene ring substituents is 1. The number of nitro groups is 1. The molecule has 3 rings (SSSR count). The quantitative estimate of drug-likeness (QED) is 0.532. The molecule has 0 amide bonds. The van der Waals surface area contributed by atoms with E-state index in [0.717, 1.165) is 16.5 Å². The van der Waals surface area contributed by atoms with Crippen molar-refractivity contribution in [2.24, 2.45) is 0 Å². The van der Waals surface area contributed by atoms with Crippen LogP contribution in [-0.4, -0.2) is 15.1 Å². The van der Waals surface area contributed by atoms with E-state index in [4.69, 9.17) is 16.3 Å². The lowest BCUT2D eigenvalue weighted by Crippen LogP contribution is -1.98. The van der Waals surface area contributed by atoms with Gasteiger partial charge in [-0.1, -0.05) is 29.8 Å². The van der Waals surface area contributed by atoms with Crippen LogP contribution in [0.25, 0.3) is 10.8 Å². The van der Waals surface area contributed by atoms with Crippen molar-refractivity contribution in [3.05, 3.63) is 63.3 Å². The number of hydrogen-bond donors (Lipinski definition) is 0. The largest absolute Gasteiger partial charge is 0.430 e. The number of nitrogens with zero attached hydrogens (tertiary/aromatic N) is 3. The summed E-state index contributed by atoms with van der Waals surface area (Å²) in [5, 5.41) is 21.0. The molecule has 110 valence electrons. The number of aromatic nitrogens is 2. The van der Waals surface area contributed by atoms with Crippen molar-refractivity contribution in [3.63, 3.8) is 0 Å². The van der Waals surface area contributed by atoms with Gasteiger partial charge in [0.2, 0.25) is 11.6 Å². The highest BCUT2D eigenvalue weighted by molar-refractivity contribution is 6.30. The lowest BCUT2D eigenvalue weighted by molar-refractivity contribution is -0.385. The monoisotopic (exact) mass is 315 g/mol. The summed E-state index contributed by atoms with van der Waals surface area (Å²) in [6.07, 6.45) is 0. The number of ether oxygens (including phenoxy) is 1. The third-order valence-electron chi connectivity index (χ3n) is 3.16. The minimum absolute atomic E-state index is 0.0673. The van der Waals surface area contributed by atoms with E-state index in [1.807, 2.05) is 31.2 Å². The normalized spacial score (nSPS) is 10.6. The van der Waals surface area contributed by atoms with Gasteiger partial charge in [0, 0.05) is 21.9 Å². The number of fused-ring (bicyclic) bond motifs is 1. The summed E-state index contributed by atoms with van der Waals surface area (Å²) in [6.45, 7) is 1.84. The molecule has 2 aromatic carbocycles.